The number of carbonyl (C=O) groups excluding carboxylic acids is 2. The number of thioether (sulfide) groups is 1. The van der Waals surface area contributed by atoms with Crippen molar-refractivity contribution in [1.82, 2.24) is 4.90 Å². The summed E-state index contributed by atoms with van der Waals surface area (Å²) in [5.41, 5.74) is 0.383. The van der Waals surface area contributed by atoms with Gasteiger partial charge in [0.1, 0.15) is 11.2 Å². The summed E-state index contributed by atoms with van der Waals surface area (Å²) < 4.78 is 18.8. The first-order valence-corrected chi connectivity index (χ1v) is 9.91. The van der Waals surface area contributed by atoms with Crippen molar-refractivity contribution in [2.75, 3.05) is 19.4 Å². The van der Waals surface area contributed by atoms with E-state index in [0.29, 0.717) is 13.2 Å². The molecule has 1 amide bonds. The summed E-state index contributed by atoms with van der Waals surface area (Å²) in [7, 11) is 0. The van der Waals surface area contributed by atoms with Gasteiger partial charge in [-0.15, -0.1) is 11.8 Å². The number of carboxylic acid groups (broad SMARTS) is 1. The van der Waals surface area contributed by atoms with Crippen LogP contribution in [0, 0.1) is 5.82 Å². The van der Waals surface area contributed by atoms with Crippen molar-refractivity contribution in [3.63, 3.8) is 0 Å². The highest BCUT2D eigenvalue weighted by Crippen LogP contribution is 2.36. The third-order valence-electron chi connectivity index (χ3n) is 4.70. The molecule has 144 valence electrons. The van der Waals surface area contributed by atoms with Gasteiger partial charge in [-0.2, -0.15) is 0 Å². The number of hydrogen-bond donors (Lipinski definition) is 1. The zero-order valence-electron chi connectivity index (χ0n) is 14.8. The fraction of sp³-hybridized carbons (Fsp3) is 0.421. The van der Waals surface area contributed by atoms with E-state index in [2.05, 4.69) is 0 Å². The molecule has 2 aliphatic rings. The first-order chi connectivity index (χ1) is 12.9. The normalized spacial score (nSPS) is 22.6. The highest BCUT2D eigenvalue weighted by molar-refractivity contribution is 7.99. The third kappa shape index (κ3) is 4.06. The van der Waals surface area contributed by atoms with E-state index < -0.39 is 35.3 Å². The van der Waals surface area contributed by atoms with E-state index >= 15 is 0 Å². The summed E-state index contributed by atoms with van der Waals surface area (Å²) in [6.45, 7) is 0.946. The molecule has 2 aliphatic heterocycles. The van der Waals surface area contributed by atoms with Crippen molar-refractivity contribution in [2.24, 2.45) is 0 Å². The molecule has 0 bridgehead atoms. The van der Waals surface area contributed by atoms with E-state index in [9.17, 15) is 23.9 Å². The van der Waals surface area contributed by atoms with Crippen LogP contribution in [0.1, 0.15) is 29.6 Å². The van der Waals surface area contributed by atoms with Gasteiger partial charge in [-0.1, -0.05) is 0 Å². The topological polar surface area (TPSA) is 83.9 Å². The molecule has 2 heterocycles. The van der Waals surface area contributed by atoms with Gasteiger partial charge in [0.15, 0.2) is 5.78 Å². The highest BCUT2D eigenvalue weighted by atomic mass is 32.2. The fourth-order valence-electron chi connectivity index (χ4n) is 3.46. The number of halogens is 1. The molecule has 0 spiro atoms. The molecule has 8 heteroatoms. The molecule has 6 nitrogen and oxygen atoms in total. The van der Waals surface area contributed by atoms with Gasteiger partial charge in [0.2, 0.25) is 0 Å². The zero-order valence-corrected chi connectivity index (χ0v) is 15.6. The van der Waals surface area contributed by atoms with Crippen molar-refractivity contribution in [1.29, 1.82) is 0 Å². The SMILES string of the molecule is CS[C@@H]1C(C(=O)c2ccc(F)cc2)=C(CC(=O)O)C(=O)N1C[C@@H]1CCCO1. The Balaban J connectivity index is 1.97. The van der Waals surface area contributed by atoms with E-state index in [1.807, 2.05) is 0 Å². The number of carbonyl (C=O) groups is 3. The molecular formula is C19H20FNO5S. The summed E-state index contributed by atoms with van der Waals surface area (Å²) in [4.78, 5) is 38.8. The molecule has 0 radical (unpaired) electrons. The number of rotatable bonds is 7. The number of ketones is 1. The molecule has 27 heavy (non-hydrogen) atoms. The first-order valence-electron chi connectivity index (χ1n) is 8.62. The number of amides is 1. The lowest BCUT2D eigenvalue weighted by molar-refractivity contribution is -0.137. The van der Waals surface area contributed by atoms with Crippen molar-refractivity contribution < 1.29 is 28.6 Å². The lowest BCUT2D eigenvalue weighted by Crippen LogP contribution is -2.40. The maximum absolute atomic E-state index is 13.2. The van der Waals surface area contributed by atoms with Crippen molar-refractivity contribution in [3.8, 4) is 0 Å². The Morgan fingerprint density at radius 1 is 1.33 bits per heavy atom. The second-order valence-corrected chi connectivity index (χ2v) is 7.40. The highest BCUT2D eigenvalue weighted by Gasteiger charge is 2.43. The largest absolute Gasteiger partial charge is 0.481 e. The summed E-state index contributed by atoms with van der Waals surface area (Å²) >= 11 is 1.30. The predicted octanol–water partition coefficient (Wildman–Crippen LogP) is 2.49. The molecule has 0 unspecified atom stereocenters. The first kappa shape index (κ1) is 19.6. The monoisotopic (exact) mass is 393 g/mol. The minimum absolute atomic E-state index is 0.00540. The number of carboxylic acids is 1. The molecule has 1 aromatic rings. The van der Waals surface area contributed by atoms with Crippen molar-refractivity contribution in [3.05, 3.63) is 46.8 Å². The van der Waals surface area contributed by atoms with Crippen LogP contribution in [-0.4, -0.2) is 58.6 Å². The number of benzene rings is 1. The van der Waals surface area contributed by atoms with Crippen LogP contribution in [0.15, 0.2) is 35.4 Å². The van der Waals surface area contributed by atoms with Gasteiger partial charge in [0.05, 0.1) is 12.5 Å². The van der Waals surface area contributed by atoms with E-state index in [1.165, 1.54) is 40.9 Å². The molecule has 1 fully saturated rings. The Labute approximate surface area is 160 Å². The molecular weight excluding hydrogens is 373 g/mol. The van der Waals surface area contributed by atoms with Crippen LogP contribution in [0.3, 0.4) is 0 Å². The number of nitrogens with zero attached hydrogens (tertiary/aromatic N) is 1. The number of hydrogen-bond acceptors (Lipinski definition) is 5. The maximum atomic E-state index is 13.2. The Kier molecular flexibility index (Phi) is 5.96. The lowest BCUT2D eigenvalue weighted by atomic mass is 9.98. The van der Waals surface area contributed by atoms with E-state index in [1.54, 1.807) is 6.26 Å². The molecule has 3 rings (SSSR count). The summed E-state index contributed by atoms with van der Waals surface area (Å²) in [6.07, 6.45) is 2.85. The third-order valence-corrected chi connectivity index (χ3v) is 5.64. The van der Waals surface area contributed by atoms with Gasteiger partial charge in [-0.05, 0) is 43.4 Å². The van der Waals surface area contributed by atoms with Crippen LogP contribution in [0.2, 0.25) is 0 Å². The maximum Gasteiger partial charge on any atom is 0.308 e. The minimum Gasteiger partial charge on any atom is -0.481 e. The van der Waals surface area contributed by atoms with Crippen LogP contribution in [-0.2, 0) is 14.3 Å². The molecule has 1 N–H and O–H groups in total. The van der Waals surface area contributed by atoms with E-state index in [4.69, 9.17) is 4.74 Å². The van der Waals surface area contributed by atoms with Crippen LogP contribution >= 0.6 is 11.8 Å². The quantitative estimate of drug-likeness (QED) is 0.717. The van der Waals surface area contributed by atoms with Crippen molar-refractivity contribution >= 4 is 29.4 Å². The lowest BCUT2D eigenvalue weighted by Gasteiger charge is -2.27. The van der Waals surface area contributed by atoms with Crippen LogP contribution in [0.5, 0.6) is 0 Å². The van der Waals surface area contributed by atoms with Gasteiger partial charge < -0.3 is 14.7 Å². The van der Waals surface area contributed by atoms with Gasteiger partial charge in [-0.3, -0.25) is 14.4 Å². The molecule has 0 saturated carbocycles. The second-order valence-electron chi connectivity index (χ2n) is 6.48. The molecule has 1 aromatic carbocycles. The molecule has 0 aliphatic carbocycles. The fourth-order valence-corrected chi connectivity index (χ4v) is 4.38. The smallest absolute Gasteiger partial charge is 0.308 e. The standard InChI is InChI=1S/C19H20FNO5S/c1-27-19-16(17(24)11-4-6-12(20)7-5-11)14(9-15(22)23)18(25)21(19)10-13-3-2-8-26-13/h4-7,13,19H,2-3,8-10H2,1H3,(H,22,23)/t13-,19+/m0/s1. The zero-order chi connectivity index (χ0) is 19.6. The Morgan fingerprint density at radius 3 is 2.59 bits per heavy atom. The molecule has 2 atom stereocenters. The van der Waals surface area contributed by atoms with Gasteiger partial charge in [0.25, 0.3) is 5.91 Å². The van der Waals surface area contributed by atoms with Crippen LogP contribution in [0.25, 0.3) is 0 Å². The van der Waals surface area contributed by atoms with Gasteiger partial charge >= 0.3 is 5.97 Å². The van der Waals surface area contributed by atoms with Gasteiger partial charge in [0, 0.05) is 29.9 Å². The van der Waals surface area contributed by atoms with Crippen LogP contribution in [0.4, 0.5) is 4.39 Å². The molecule has 1 saturated heterocycles. The average Bonchev–Trinajstić information content (AvgIpc) is 3.23. The van der Waals surface area contributed by atoms with Crippen molar-refractivity contribution in [2.45, 2.75) is 30.7 Å². The van der Waals surface area contributed by atoms with Gasteiger partial charge in [-0.25, -0.2) is 4.39 Å². The summed E-state index contributed by atoms with van der Waals surface area (Å²) in [5, 5.41) is 8.64. The van der Waals surface area contributed by atoms with Crippen LogP contribution < -0.4 is 0 Å². The van der Waals surface area contributed by atoms with E-state index in [0.717, 1.165) is 12.8 Å². The Morgan fingerprint density at radius 2 is 2.04 bits per heavy atom. The summed E-state index contributed by atoms with van der Waals surface area (Å²) in [6, 6.07) is 5.01. The Bertz CT molecular complexity index is 786. The number of Topliss-reactive ketones (excluding diaryl/α,β-unsaturated/α-hetero) is 1. The minimum atomic E-state index is -1.18. The van der Waals surface area contributed by atoms with E-state index in [-0.39, 0.29) is 22.8 Å². The predicted molar refractivity (Wildman–Crippen MR) is 98.0 cm³/mol. The average molecular weight is 393 g/mol. The summed E-state index contributed by atoms with van der Waals surface area (Å²) in [5.74, 6) is -2.55. The number of ether oxygens (including phenoxy) is 1. The molecule has 0 aromatic heterocycles. The number of aliphatic carboxylic acids is 1. The Hall–Kier alpha value is -2.19. The second kappa shape index (κ2) is 8.22.